The molecule has 0 aliphatic rings. The predicted octanol–water partition coefficient (Wildman–Crippen LogP) is 2.90. The van der Waals surface area contributed by atoms with E-state index in [1.54, 1.807) is 24.3 Å². The fraction of sp³-hybridized carbons (Fsp3) is 0.400. The maximum atomic E-state index is 11.9. The molecule has 0 aromatic heterocycles. The van der Waals surface area contributed by atoms with Gasteiger partial charge in [0.05, 0.1) is 4.90 Å². The van der Waals surface area contributed by atoms with Gasteiger partial charge in [0, 0.05) is 15.8 Å². The van der Waals surface area contributed by atoms with Gasteiger partial charge < -0.3 is 0 Å². The molecule has 1 rings (SSSR count). The Balaban J connectivity index is 2.86. The van der Waals surface area contributed by atoms with E-state index in [1.165, 1.54) is 0 Å². The van der Waals surface area contributed by atoms with Crippen LogP contribution in [-0.4, -0.2) is 19.8 Å². The maximum absolute atomic E-state index is 11.9. The van der Waals surface area contributed by atoms with E-state index in [9.17, 15) is 8.42 Å². The SMILES string of the molecule is CC(CCBr)NS(=O)(=O)c1cccc(Br)c1. The fourth-order valence-corrected chi connectivity index (χ4v) is 3.75. The normalized spacial score (nSPS) is 13.7. The summed E-state index contributed by atoms with van der Waals surface area (Å²) in [5, 5.41) is 0.773. The van der Waals surface area contributed by atoms with E-state index in [1.807, 2.05) is 6.92 Å². The van der Waals surface area contributed by atoms with Crippen molar-refractivity contribution in [2.75, 3.05) is 5.33 Å². The van der Waals surface area contributed by atoms with Crippen molar-refractivity contribution in [2.24, 2.45) is 0 Å². The molecule has 90 valence electrons. The van der Waals surface area contributed by atoms with Crippen molar-refractivity contribution in [3.05, 3.63) is 28.7 Å². The number of rotatable bonds is 5. The zero-order valence-electron chi connectivity index (χ0n) is 8.78. The lowest BCUT2D eigenvalue weighted by Gasteiger charge is -2.12. The minimum Gasteiger partial charge on any atom is -0.208 e. The Hall–Kier alpha value is 0.0900. The van der Waals surface area contributed by atoms with Crippen LogP contribution in [-0.2, 0) is 10.0 Å². The van der Waals surface area contributed by atoms with E-state index in [2.05, 4.69) is 36.6 Å². The van der Waals surface area contributed by atoms with E-state index < -0.39 is 10.0 Å². The van der Waals surface area contributed by atoms with Gasteiger partial charge in [-0.25, -0.2) is 13.1 Å². The zero-order chi connectivity index (χ0) is 12.2. The van der Waals surface area contributed by atoms with Crippen molar-refractivity contribution < 1.29 is 8.42 Å². The lowest BCUT2D eigenvalue weighted by atomic mass is 10.3. The number of benzene rings is 1. The molecule has 0 amide bonds. The third kappa shape index (κ3) is 4.16. The van der Waals surface area contributed by atoms with Crippen molar-refractivity contribution in [2.45, 2.75) is 24.3 Å². The molecule has 0 heterocycles. The number of sulfonamides is 1. The highest BCUT2D eigenvalue weighted by atomic mass is 79.9. The molecule has 1 N–H and O–H groups in total. The average Bonchev–Trinajstić information content (AvgIpc) is 2.17. The van der Waals surface area contributed by atoms with Gasteiger partial charge in [0.1, 0.15) is 0 Å². The Kier molecular flexibility index (Phi) is 5.43. The lowest BCUT2D eigenvalue weighted by Crippen LogP contribution is -2.32. The summed E-state index contributed by atoms with van der Waals surface area (Å²) in [6, 6.07) is 6.58. The van der Waals surface area contributed by atoms with Gasteiger partial charge in [0.25, 0.3) is 0 Å². The quantitative estimate of drug-likeness (QED) is 0.810. The highest BCUT2D eigenvalue weighted by Gasteiger charge is 2.16. The van der Waals surface area contributed by atoms with Gasteiger partial charge in [-0.3, -0.25) is 0 Å². The molecular formula is C10H13Br2NO2S. The Morgan fingerprint density at radius 1 is 1.44 bits per heavy atom. The van der Waals surface area contributed by atoms with Crippen LogP contribution in [0.5, 0.6) is 0 Å². The van der Waals surface area contributed by atoms with Gasteiger partial charge in [-0.15, -0.1) is 0 Å². The highest BCUT2D eigenvalue weighted by molar-refractivity contribution is 9.10. The summed E-state index contributed by atoms with van der Waals surface area (Å²) in [6.45, 7) is 1.84. The zero-order valence-corrected chi connectivity index (χ0v) is 12.8. The van der Waals surface area contributed by atoms with Crippen LogP contribution in [0.3, 0.4) is 0 Å². The molecule has 0 aliphatic heterocycles. The molecule has 1 aromatic carbocycles. The van der Waals surface area contributed by atoms with E-state index in [0.29, 0.717) is 0 Å². The molecule has 0 spiro atoms. The summed E-state index contributed by atoms with van der Waals surface area (Å²) >= 11 is 6.53. The molecule has 0 radical (unpaired) electrons. The van der Waals surface area contributed by atoms with Gasteiger partial charge >= 0.3 is 0 Å². The number of hydrogen-bond acceptors (Lipinski definition) is 2. The Labute approximate surface area is 113 Å². The third-order valence-electron chi connectivity index (χ3n) is 2.00. The van der Waals surface area contributed by atoms with Crippen molar-refractivity contribution >= 4 is 41.9 Å². The number of alkyl halides is 1. The topological polar surface area (TPSA) is 46.2 Å². The Bertz CT molecular complexity index is 448. The van der Waals surface area contributed by atoms with E-state index in [4.69, 9.17) is 0 Å². The average molecular weight is 371 g/mol. The minimum atomic E-state index is -3.41. The third-order valence-corrected chi connectivity index (χ3v) is 4.54. The van der Waals surface area contributed by atoms with Gasteiger partial charge in [-0.05, 0) is 31.5 Å². The Morgan fingerprint density at radius 2 is 2.12 bits per heavy atom. The first-order valence-electron chi connectivity index (χ1n) is 4.79. The van der Waals surface area contributed by atoms with Crippen molar-refractivity contribution in [1.29, 1.82) is 0 Å². The summed E-state index contributed by atoms with van der Waals surface area (Å²) < 4.78 is 27.2. The summed E-state index contributed by atoms with van der Waals surface area (Å²) in [7, 11) is -3.41. The monoisotopic (exact) mass is 369 g/mol. The van der Waals surface area contributed by atoms with Crippen LogP contribution in [0.1, 0.15) is 13.3 Å². The molecule has 0 saturated heterocycles. The van der Waals surface area contributed by atoms with Crippen LogP contribution < -0.4 is 4.72 Å². The smallest absolute Gasteiger partial charge is 0.208 e. The minimum absolute atomic E-state index is 0.0802. The number of halogens is 2. The number of nitrogens with one attached hydrogen (secondary N) is 1. The highest BCUT2D eigenvalue weighted by Crippen LogP contribution is 2.16. The van der Waals surface area contributed by atoms with Crippen LogP contribution in [0.4, 0.5) is 0 Å². The molecule has 6 heteroatoms. The van der Waals surface area contributed by atoms with E-state index in [0.717, 1.165) is 16.2 Å². The largest absolute Gasteiger partial charge is 0.240 e. The van der Waals surface area contributed by atoms with Crippen LogP contribution in [0, 0.1) is 0 Å². The first-order chi connectivity index (χ1) is 7.45. The first-order valence-corrected chi connectivity index (χ1v) is 8.19. The van der Waals surface area contributed by atoms with Crippen molar-refractivity contribution in [1.82, 2.24) is 4.72 Å². The number of hydrogen-bond donors (Lipinski definition) is 1. The molecule has 0 fully saturated rings. The first kappa shape index (κ1) is 14.2. The maximum Gasteiger partial charge on any atom is 0.240 e. The summed E-state index contributed by atoms with van der Waals surface area (Å²) in [5.74, 6) is 0. The van der Waals surface area contributed by atoms with Crippen LogP contribution in [0.15, 0.2) is 33.6 Å². The van der Waals surface area contributed by atoms with Crippen molar-refractivity contribution in [3.63, 3.8) is 0 Å². The molecule has 0 saturated carbocycles. The van der Waals surface area contributed by atoms with Gasteiger partial charge in [0.2, 0.25) is 10.0 Å². The molecular weight excluding hydrogens is 358 g/mol. The molecule has 16 heavy (non-hydrogen) atoms. The second kappa shape index (κ2) is 6.14. The molecule has 1 unspecified atom stereocenters. The second-order valence-corrected chi connectivity index (χ2v) is 6.88. The van der Waals surface area contributed by atoms with Crippen molar-refractivity contribution in [3.8, 4) is 0 Å². The molecule has 1 atom stereocenters. The summed E-state index contributed by atoms with van der Waals surface area (Å²) in [5.41, 5.74) is 0. The summed E-state index contributed by atoms with van der Waals surface area (Å²) in [4.78, 5) is 0.281. The molecule has 0 aliphatic carbocycles. The Morgan fingerprint density at radius 3 is 2.69 bits per heavy atom. The molecule has 3 nitrogen and oxygen atoms in total. The van der Waals surface area contributed by atoms with Gasteiger partial charge in [-0.1, -0.05) is 37.9 Å². The summed E-state index contributed by atoms with van der Waals surface area (Å²) in [6.07, 6.45) is 0.757. The van der Waals surface area contributed by atoms with Crippen LogP contribution >= 0.6 is 31.9 Å². The van der Waals surface area contributed by atoms with E-state index in [-0.39, 0.29) is 10.9 Å². The lowest BCUT2D eigenvalue weighted by molar-refractivity contribution is 0.557. The molecule has 1 aromatic rings. The van der Waals surface area contributed by atoms with Gasteiger partial charge in [0.15, 0.2) is 0 Å². The van der Waals surface area contributed by atoms with Gasteiger partial charge in [-0.2, -0.15) is 0 Å². The second-order valence-electron chi connectivity index (χ2n) is 3.46. The standard InChI is InChI=1S/C10H13Br2NO2S/c1-8(5-6-11)13-16(14,15)10-4-2-3-9(12)7-10/h2-4,7-8,13H,5-6H2,1H3. The molecule has 0 bridgehead atoms. The van der Waals surface area contributed by atoms with Crippen LogP contribution in [0.2, 0.25) is 0 Å². The van der Waals surface area contributed by atoms with Crippen LogP contribution in [0.25, 0.3) is 0 Å². The fourth-order valence-electron chi connectivity index (χ4n) is 1.19. The van der Waals surface area contributed by atoms with E-state index >= 15 is 0 Å². The predicted molar refractivity (Wildman–Crippen MR) is 72.3 cm³/mol.